The fourth-order valence-electron chi connectivity index (χ4n) is 1.86. The molecule has 98 valence electrons. The molecule has 1 aromatic rings. The van der Waals surface area contributed by atoms with Crippen molar-refractivity contribution in [3.05, 3.63) is 18.2 Å². The highest BCUT2D eigenvalue weighted by atomic mass is 32.2. The van der Waals surface area contributed by atoms with Crippen molar-refractivity contribution in [1.29, 1.82) is 0 Å². The number of sulfonamides is 1. The molecule has 8 heteroatoms. The monoisotopic (exact) mass is 270 g/mol. The standard InChI is InChI=1S/C10H14N4O3S/c11-7-1-2-8(9(5-7)18(12,16)17)14-4-3-13-10(15)6-14/h1-2,5H,3-4,6,11H2,(H,13,15)(H2,12,16,17). The van der Waals surface area contributed by atoms with Gasteiger partial charge in [0.15, 0.2) is 0 Å². The summed E-state index contributed by atoms with van der Waals surface area (Å²) in [5.41, 5.74) is 6.28. The van der Waals surface area contributed by atoms with Crippen LogP contribution in [0.5, 0.6) is 0 Å². The van der Waals surface area contributed by atoms with Gasteiger partial charge in [0.1, 0.15) is 4.90 Å². The van der Waals surface area contributed by atoms with Crippen LogP contribution in [0.25, 0.3) is 0 Å². The minimum absolute atomic E-state index is 0.0581. The molecule has 0 bridgehead atoms. The molecule has 0 unspecified atom stereocenters. The van der Waals surface area contributed by atoms with E-state index in [9.17, 15) is 13.2 Å². The molecule has 1 saturated heterocycles. The Morgan fingerprint density at radius 3 is 2.67 bits per heavy atom. The Labute approximate surface area is 105 Å². The van der Waals surface area contributed by atoms with Crippen LogP contribution in [0.15, 0.2) is 23.1 Å². The third kappa shape index (κ3) is 2.54. The van der Waals surface area contributed by atoms with E-state index >= 15 is 0 Å². The predicted octanol–water partition coefficient (Wildman–Crippen LogP) is -1.15. The zero-order valence-electron chi connectivity index (χ0n) is 9.59. The molecule has 1 fully saturated rings. The summed E-state index contributed by atoms with van der Waals surface area (Å²) in [6.45, 7) is 1.10. The molecule has 1 aliphatic heterocycles. The first-order valence-corrected chi connectivity index (χ1v) is 6.86. The van der Waals surface area contributed by atoms with Crippen LogP contribution >= 0.6 is 0 Å². The van der Waals surface area contributed by atoms with E-state index in [4.69, 9.17) is 10.9 Å². The summed E-state index contributed by atoms with van der Waals surface area (Å²) in [6, 6.07) is 4.45. The van der Waals surface area contributed by atoms with Gasteiger partial charge < -0.3 is 16.0 Å². The smallest absolute Gasteiger partial charge is 0.240 e. The van der Waals surface area contributed by atoms with Gasteiger partial charge in [0.05, 0.1) is 12.2 Å². The van der Waals surface area contributed by atoms with Gasteiger partial charge in [-0.1, -0.05) is 0 Å². The fraction of sp³-hybridized carbons (Fsp3) is 0.300. The van der Waals surface area contributed by atoms with Crippen LogP contribution in [-0.4, -0.2) is 34.0 Å². The van der Waals surface area contributed by atoms with Crippen LogP contribution in [0, 0.1) is 0 Å². The first kappa shape index (κ1) is 12.7. The molecule has 0 radical (unpaired) electrons. The van der Waals surface area contributed by atoms with Crippen LogP contribution < -0.4 is 21.1 Å². The quantitative estimate of drug-likeness (QED) is 0.586. The number of nitrogens with zero attached hydrogens (tertiary/aromatic N) is 1. The fourth-order valence-corrected chi connectivity index (χ4v) is 2.65. The van der Waals surface area contributed by atoms with E-state index in [-0.39, 0.29) is 17.3 Å². The Kier molecular flexibility index (Phi) is 3.14. The van der Waals surface area contributed by atoms with Gasteiger partial charge in [0.2, 0.25) is 15.9 Å². The summed E-state index contributed by atoms with van der Waals surface area (Å²) in [6.07, 6.45) is 0. The van der Waals surface area contributed by atoms with E-state index in [1.54, 1.807) is 17.0 Å². The van der Waals surface area contributed by atoms with Gasteiger partial charge in [0, 0.05) is 18.8 Å². The van der Waals surface area contributed by atoms with E-state index in [0.29, 0.717) is 24.5 Å². The summed E-state index contributed by atoms with van der Waals surface area (Å²) in [5, 5.41) is 7.82. The molecule has 1 amide bonds. The summed E-state index contributed by atoms with van der Waals surface area (Å²) in [7, 11) is -3.88. The number of nitrogens with one attached hydrogen (secondary N) is 1. The van der Waals surface area contributed by atoms with Crippen LogP contribution in [0.2, 0.25) is 0 Å². The molecule has 0 atom stereocenters. The van der Waals surface area contributed by atoms with Gasteiger partial charge in [-0.2, -0.15) is 0 Å². The Balaban J connectivity index is 2.47. The van der Waals surface area contributed by atoms with Crippen molar-refractivity contribution in [1.82, 2.24) is 5.32 Å². The van der Waals surface area contributed by atoms with Gasteiger partial charge in [-0.05, 0) is 18.2 Å². The number of anilines is 2. The Morgan fingerprint density at radius 1 is 1.33 bits per heavy atom. The first-order chi connectivity index (χ1) is 8.38. The lowest BCUT2D eigenvalue weighted by atomic mass is 10.2. The van der Waals surface area contributed by atoms with Gasteiger partial charge in [-0.25, -0.2) is 13.6 Å². The van der Waals surface area contributed by atoms with Crippen LogP contribution in [0.4, 0.5) is 11.4 Å². The first-order valence-electron chi connectivity index (χ1n) is 5.32. The molecule has 0 spiro atoms. The minimum atomic E-state index is -3.88. The molecule has 2 rings (SSSR count). The highest BCUT2D eigenvalue weighted by Crippen LogP contribution is 2.26. The number of benzene rings is 1. The zero-order valence-corrected chi connectivity index (χ0v) is 10.4. The molecule has 1 heterocycles. The Morgan fingerprint density at radius 2 is 2.06 bits per heavy atom. The number of carbonyl (C=O) groups is 1. The van der Waals surface area contributed by atoms with Gasteiger partial charge >= 0.3 is 0 Å². The average molecular weight is 270 g/mol. The summed E-state index contributed by atoms with van der Waals surface area (Å²) in [5.74, 6) is -0.154. The zero-order chi connectivity index (χ0) is 13.3. The number of nitrogens with two attached hydrogens (primary N) is 2. The molecule has 0 aliphatic carbocycles. The lowest BCUT2D eigenvalue weighted by Crippen LogP contribution is -2.48. The number of primary sulfonamides is 1. The molecule has 1 aromatic carbocycles. The van der Waals surface area contributed by atoms with Gasteiger partial charge in [-0.3, -0.25) is 4.79 Å². The molecular formula is C10H14N4O3S. The lowest BCUT2D eigenvalue weighted by molar-refractivity contribution is -0.120. The molecule has 0 aromatic heterocycles. The number of nitrogen functional groups attached to an aromatic ring is 1. The third-order valence-corrected chi connectivity index (χ3v) is 3.61. The van der Waals surface area contributed by atoms with Crippen molar-refractivity contribution in [2.45, 2.75) is 4.90 Å². The number of piperazine rings is 1. The number of hydrogen-bond acceptors (Lipinski definition) is 5. The molecule has 1 aliphatic rings. The number of rotatable bonds is 2. The van der Waals surface area contributed by atoms with Crippen molar-refractivity contribution in [2.24, 2.45) is 5.14 Å². The van der Waals surface area contributed by atoms with Crippen LogP contribution in [-0.2, 0) is 14.8 Å². The second-order valence-electron chi connectivity index (χ2n) is 4.04. The maximum absolute atomic E-state index is 11.5. The summed E-state index contributed by atoms with van der Waals surface area (Å²) >= 11 is 0. The van der Waals surface area contributed by atoms with E-state index < -0.39 is 10.0 Å². The largest absolute Gasteiger partial charge is 0.399 e. The van der Waals surface area contributed by atoms with E-state index in [1.807, 2.05) is 0 Å². The third-order valence-electron chi connectivity index (χ3n) is 2.67. The summed E-state index contributed by atoms with van der Waals surface area (Å²) in [4.78, 5) is 12.9. The maximum atomic E-state index is 11.5. The molecule has 18 heavy (non-hydrogen) atoms. The highest BCUT2D eigenvalue weighted by Gasteiger charge is 2.23. The molecule has 5 N–H and O–H groups in total. The maximum Gasteiger partial charge on any atom is 0.240 e. The highest BCUT2D eigenvalue weighted by molar-refractivity contribution is 7.89. The van der Waals surface area contributed by atoms with Crippen molar-refractivity contribution in [3.63, 3.8) is 0 Å². The summed E-state index contributed by atoms with van der Waals surface area (Å²) < 4.78 is 23.1. The number of carbonyl (C=O) groups excluding carboxylic acids is 1. The second-order valence-corrected chi connectivity index (χ2v) is 5.57. The second kappa shape index (κ2) is 4.46. The Hall–Kier alpha value is -1.80. The van der Waals surface area contributed by atoms with Crippen molar-refractivity contribution < 1.29 is 13.2 Å². The topological polar surface area (TPSA) is 119 Å². The lowest BCUT2D eigenvalue weighted by Gasteiger charge is -2.29. The minimum Gasteiger partial charge on any atom is -0.399 e. The van der Waals surface area contributed by atoms with Crippen LogP contribution in [0.3, 0.4) is 0 Å². The number of amides is 1. The van der Waals surface area contributed by atoms with Crippen LogP contribution in [0.1, 0.15) is 0 Å². The van der Waals surface area contributed by atoms with Crippen molar-refractivity contribution >= 4 is 27.3 Å². The molecule has 7 nitrogen and oxygen atoms in total. The van der Waals surface area contributed by atoms with E-state index in [2.05, 4.69) is 5.32 Å². The molecular weight excluding hydrogens is 256 g/mol. The predicted molar refractivity (Wildman–Crippen MR) is 67.5 cm³/mol. The van der Waals surface area contributed by atoms with Crippen molar-refractivity contribution in [3.8, 4) is 0 Å². The number of hydrogen-bond donors (Lipinski definition) is 3. The van der Waals surface area contributed by atoms with E-state index in [0.717, 1.165) is 0 Å². The normalized spacial score (nSPS) is 16.5. The average Bonchev–Trinajstić information content (AvgIpc) is 2.27. The molecule has 0 saturated carbocycles. The van der Waals surface area contributed by atoms with Gasteiger partial charge in [0.25, 0.3) is 0 Å². The van der Waals surface area contributed by atoms with Crippen molar-refractivity contribution in [2.75, 3.05) is 30.3 Å². The Bertz CT molecular complexity index is 585. The SMILES string of the molecule is Nc1ccc(N2CCNC(=O)C2)c(S(N)(=O)=O)c1. The van der Waals surface area contributed by atoms with Gasteiger partial charge in [-0.15, -0.1) is 0 Å². The van der Waals surface area contributed by atoms with E-state index in [1.165, 1.54) is 6.07 Å².